The van der Waals surface area contributed by atoms with Crippen LogP contribution in [-0.2, 0) is 0 Å². The molecule has 0 aromatic rings. The van der Waals surface area contributed by atoms with E-state index in [0.717, 1.165) is 25.4 Å². The van der Waals surface area contributed by atoms with Crippen LogP contribution in [0.25, 0.3) is 0 Å². The summed E-state index contributed by atoms with van der Waals surface area (Å²) < 4.78 is 0. The van der Waals surface area contributed by atoms with Crippen molar-refractivity contribution in [1.82, 2.24) is 10.2 Å². The van der Waals surface area contributed by atoms with Gasteiger partial charge < -0.3 is 10.2 Å². The molecule has 1 aliphatic heterocycles. The summed E-state index contributed by atoms with van der Waals surface area (Å²) in [6, 6.07) is 0.718. The number of carbonyl (C=O) groups excluding carboxylic acids is 1. The molecular formula is C10H18N2O. The van der Waals surface area contributed by atoms with Crippen LogP contribution in [-0.4, -0.2) is 30.1 Å². The van der Waals surface area contributed by atoms with E-state index in [1.165, 1.54) is 19.3 Å². The van der Waals surface area contributed by atoms with Crippen molar-refractivity contribution >= 4 is 6.03 Å². The molecular weight excluding hydrogens is 164 g/mol. The average molecular weight is 182 g/mol. The topological polar surface area (TPSA) is 32.3 Å². The second-order valence-electron chi connectivity index (χ2n) is 4.22. The Bertz CT molecular complexity index is 205. The predicted octanol–water partition coefficient (Wildman–Crippen LogP) is 1.59. The molecule has 1 N–H and O–H groups in total. The minimum atomic E-state index is 0.161. The standard InChI is InChI=1S/C10H18N2O/c1-2-5-11-10(13)12-7-8-3-4-9(12)6-8/h8-9H,2-7H2,1H3,(H,11,13). The van der Waals surface area contributed by atoms with Crippen molar-refractivity contribution in [1.29, 1.82) is 0 Å². The molecule has 2 atom stereocenters. The number of amides is 2. The van der Waals surface area contributed by atoms with Gasteiger partial charge in [0.05, 0.1) is 0 Å². The summed E-state index contributed by atoms with van der Waals surface area (Å²) in [7, 11) is 0. The molecule has 13 heavy (non-hydrogen) atoms. The molecule has 0 radical (unpaired) electrons. The van der Waals surface area contributed by atoms with E-state index in [-0.39, 0.29) is 6.03 Å². The highest BCUT2D eigenvalue weighted by Gasteiger charge is 2.39. The Balaban J connectivity index is 1.84. The summed E-state index contributed by atoms with van der Waals surface area (Å²) in [5, 5.41) is 2.95. The van der Waals surface area contributed by atoms with Gasteiger partial charge in [0.2, 0.25) is 0 Å². The Hall–Kier alpha value is -0.730. The van der Waals surface area contributed by atoms with Gasteiger partial charge in [-0.25, -0.2) is 4.79 Å². The molecule has 2 aliphatic rings. The molecule has 3 heteroatoms. The summed E-state index contributed by atoms with van der Waals surface area (Å²) in [5.74, 6) is 0.803. The van der Waals surface area contributed by atoms with Crippen LogP contribution in [0.5, 0.6) is 0 Å². The van der Waals surface area contributed by atoms with E-state index >= 15 is 0 Å². The summed E-state index contributed by atoms with van der Waals surface area (Å²) in [4.78, 5) is 13.6. The van der Waals surface area contributed by atoms with Crippen LogP contribution in [0.2, 0.25) is 0 Å². The molecule has 1 saturated carbocycles. The van der Waals surface area contributed by atoms with E-state index in [1.54, 1.807) is 0 Å². The molecule has 0 aromatic heterocycles. The van der Waals surface area contributed by atoms with Gasteiger partial charge in [-0.2, -0.15) is 0 Å². The Morgan fingerprint density at radius 1 is 1.54 bits per heavy atom. The Morgan fingerprint density at radius 2 is 2.38 bits per heavy atom. The van der Waals surface area contributed by atoms with Crippen LogP contribution < -0.4 is 5.32 Å². The second kappa shape index (κ2) is 3.56. The molecule has 0 spiro atoms. The van der Waals surface area contributed by atoms with Gasteiger partial charge >= 0.3 is 6.03 Å². The number of rotatable bonds is 2. The number of nitrogens with one attached hydrogen (secondary N) is 1. The average Bonchev–Trinajstić information content (AvgIpc) is 2.74. The number of carbonyl (C=O) groups is 1. The van der Waals surface area contributed by atoms with E-state index in [9.17, 15) is 4.79 Å². The number of nitrogens with zero attached hydrogens (tertiary/aromatic N) is 1. The maximum atomic E-state index is 11.6. The molecule has 1 saturated heterocycles. The van der Waals surface area contributed by atoms with Gasteiger partial charge in [0.25, 0.3) is 0 Å². The minimum absolute atomic E-state index is 0.161. The van der Waals surface area contributed by atoms with E-state index in [0.29, 0.717) is 6.04 Å². The fourth-order valence-corrected chi connectivity index (χ4v) is 2.51. The molecule has 2 amide bonds. The maximum absolute atomic E-state index is 11.6. The zero-order chi connectivity index (χ0) is 9.26. The lowest BCUT2D eigenvalue weighted by atomic mass is 10.1. The zero-order valence-corrected chi connectivity index (χ0v) is 8.25. The van der Waals surface area contributed by atoms with Crippen LogP contribution in [0, 0.1) is 5.92 Å². The molecule has 2 unspecified atom stereocenters. The van der Waals surface area contributed by atoms with Crippen molar-refractivity contribution in [2.24, 2.45) is 5.92 Å². The SMILES string of the molecule is CCCNC(=O)N1CC2CCC1C2. The summed E-state index contributed by atoms with van der Waals surface area (Å²) >= 11 is 0. The first-order valence-corrected chi connectivity index (χ1v) is 5.35. The number of urea groups is 1. The number of hydrogen-bond acceptors (Lipinski definition) is 1. The molecule has 0 aromatic carbocycles. The van der Waals surface area contributed by atoms with E-state index < -0.39 is 0 Å². The highest BCUT2D eigenvalue weighted by atomic mass is 16.2. The molecule has 1 aliphatic carbocycles. The maximum Gasteiger partial charge on any atom is 0.317 e. The molecule has 3 nitrogen and oxygen atoms in total. The van der Waals surface area contributed by atoms with Gasteiger partial charge in [0, 0.05) is 19.1 Å². The lowest BCUT2D eigenvalue weighted by Crippen LogP contribution is -2.44. The van der Waals surface area contributed by atoms with E-state index in [1.807, 2.05) is 4.90 Å². The van der Waals surface area contributed by atoms with Crippen LogP contribution in [0.15, 0.2) is 0 Å². The van der Waals surface area contributed by atoms with Crippen molar-refractivity contribution in [2.75, 3.05) is 13.1 Å². The monoisotopic (exact) mass is 182 g/mol. The lowest BCUT2D eigenvalue weighted by molar-refractivity contribution is 0.181. The quantitative estimate of drug-likeness (QED) is 0.691. The van der Waals surface area contributed by atoms with Gasteiger partial charge in [0.1, 0.15) is 0 Å². The van der Waals surface area contributed by atoms with Gasteiger partial charge in [-0.3, -0.25) is 0 Å². The van der Waals surface area contributed by atoms with Crippen molar-refractivity contribution < 1.29 is 4.79 Å². The molecule has 2 bridgehead atoms. The first-order valence-electron chi connectivity index (χ1n) is 5.35. The Kier molecular flexibility index (Phi) is 2.42. The minimum Gasteiger partial charge on any atom is -0.338 e. The number of piperidine rings is 1. The van der Waals surface area contributed by atoms with Gasteiger partial charge in [-0.15, -0.1) is 0 Å². The van der Waals surface area contributed by atoms with Crippen molar-refractivity contribution in [3.8, 4) is 0 Å². The van der Waals surface area contributed by atoms with Crippen molar-refractivity contribution in [3.63, 3.8) is 0 Å². The highest BCUT2D eigenvalue weighted by molar-refractivity contribution is 5.75. The summed E-state index contributed by atoms with van der Waals surface area (Å²) in [5.41, 5.74) is 0. The van der Waals surface area contributed by atoms with Gasteiger partial charge in [-0.05, 0) is 31.6 Å². The highest BCUT2D eigenvalue weighted by Crippen LogP contribution is 2.37. The number of likely N-dealkylation sites (tertiary alicyclic amines) is 1. The first kappa shape index (κ1) is 8.85. The first-order chi connectivity index (χ1) is 6.31. The Labute approximate surface area is 79.5 Å². The van der Waals surface area contributed by atoms with Crippen molar-refractivity contribution in [3.05, 3.63) is 0 Å². The van der Waals surface area contributed by atoms with Crippen LogP contribution in [0.4, 0.5) is 4.79 Å². The molecule has 74 valence electrons. The van der Waals surface area contributed by atoms with Crippen LogP contribution in [0.3, 0.4) is 0 Å². The fourth-order valence-electron chi connectivity index (χ4n) is 2.51. The second-order valence-corrected chi connectivity index (χ2v) is 4.22. The fraction of sp³-hybridized carbons (Fsp3) is 0.900. The van der Waals surface area contributed by atoms with Gasteiger partial charge in [-0.1, -0.05) is 6.92 Å². The third kappa shape index (κ3) is 1.64. The third-order valence-corrected chi connectivity index (χ3v) is 3.20. The van der Waals surface area contributed by atoms with E-state index in [2.05, 4.69) is 12.2 Å². The molecule has 2 rings (SSSR count). The lowest BCUT2D eigenvalue weighted by Gasteiger charge is -2.26. The zero-order valence-electron chi connectivity index (χ0n) is 8.25. The normalized spacial score (nSPS) is 31.0. The van der Waals surface area contributed by atoms with E-state index in [4.69, 9.17) is 0 Å². The van der Waals surface area contributed by atoms with Crippen LogP contribution in [0.1, 0.15) is 32.6 Å². The predicted molar refractivity (Wildman–Crippen MR) is 51.5 cm³/mol. The number of hydrogen-bond donors (Lipinski definition) is 1. The Morgan fingerprint density at radius 3 is 2.92 bits per heavy atom. The van der Waals surface area contributed by atoms with Crippen LogP contribution >= 0.6 is 0 Å². The molecule has 1 heterocycles. The molecule has 2 fully saturated rings. The smallest absolute Gasteiger partial charge is 0.317 e. The largest absolute Gasteiger partial charge is 0.338 e. The van der Waals surface area contributed by atoms with Crippen molar-refractivity contribution in [2.45, 2.75) is 38.6 Å². The number of fused-ring (bicyclic) bond motifs is 2. The summed E-state index contributed by atoms with van der Waals surface area (Å²) in [6.45, 7) is 3.89. The third-order valence-electron chi connectivity index (χ3n) is 3.20. The summed E-state index contributed by atoms with van der Waals surface area (Å²) in [6.07, 6.45) is 4.83. The van der Waals surface area contributed by atoms with Gasteiger partial charge in [0.15, 0.2) is 0 Å².